The molecule has 0 aliphatic rings. The molecule has 0 fully saturated rings. The van der Waals surface area contributed by atoms with Gasteiger partial charge in [0.05, 0.1) is 5.69 Å². The van der Waals surface area contributed by atoms with Crippen molar-refractivity contribution in [3.8, 4) is 0 Å². The zero-order valence-corrected chi connectivity index (χ0v) is 9.61. The lowest BCUT2D eigenvalue weighted by Gasteiger charge is -2.05. The van der Waals surface area contributed by atoms with Crippen molar-refractivity contribution < 1.29 is 4.39 Å². The lowest BCUT2D eigenvalue weighted by atomic mass is 10.3. The molecule has 0 amide bonds. The van der Waals surface area contributed by atoms with Gasteiger partial charge in [-0.05, 0) is 25.1 Å². The van der Waals surface area contributed by atoms with E-state index in [2.05, 4.69) is 25.5 Å². The highest BCUT2D eigenvalue weighted by Gasteiger charge is 2.09. The van der Waals surface area contributed by atoms with E-state index in [4.69, 9.17) is 0 Å². The number of H-pyrrole nitrogens is 1. The first-order valence-electron chi connectivity index (χ1n) is 5.42. The number of aromatic amines is 1. The molecule has 3 rings (SSSR count). The SMILES string of the molecule is Cc1[nH]nc2c(Nc3cccc(F)c3)ncnc12. The number of anilines is 2. The molecule has 0 saturated carbocycles. The quantitative estimate of drug-likeness (QED) is 0.725. The summed E-state index contributed by atoms with van der Waals surface area (Å²) in [6.07, 6.45) is 1.45. The van der Waals surface area contributed by atoms with Crippen molar-refractivity contribution in [3.63, 3.8) is 0 Å². The first-order valence-corrected chi connectivity index (χ1v) is 5.42. The predicted molar refractivity (Wildman–Crippen MR) is 66.1 cm³/mol. The predicted octanol–water partition coefficient (Wildman–Crippen LogP) is 2.54. The van der Waals surface area contributed by atoms with E-state index in [0.29, 0.717) is 17.0 Å². The Bertz CT molecular complexity index is 707. The standard InChI is InChI=1S/C12H10FN5/c1-7-10-11(18-17-7)12(15-6-14-10)16-9-4-2-3-8(13)5-9/h2-6H,1H3,(H,17,18)(H,14,15,16). The maximum Gasteiger partial charge on any atom is 0.162 e. The van der Waals surface area contributed by atoms with Crippen molar-refractivity contribution in [2.75, 3.05) is 5.32 Å². The van der Waals surface area contributed by atoms with Crippen molar-refractivity contribution in [1.29, 1.82) is 0 Å². The second-order valence-corrected chi connectivity index (χ2v) is 3.90. The molecule has 0 aliphatic heterocycles. The number of aryl methyl sites for hydroxylation is 1. The number of rotatable bonds is 2. The van der Waals surface area contributed by atoms with Crippen molar-refractivity contribution in [3.05, 3.63) is 42.1 Å². The average Bonchev–Trinajstić information content (AvgIpc) is 2.73. The third kappa shape index (κ3) is 1.77. The Morgan fingerprint density at radius 2 is 2.11 bits per heavy atom. The van der Waals surface area contributed by atoms with Crippen LogP contribution in [0, 0.1) is 12.7 Å². The topological polar surface area (TPSA) is 66.5 Å². The molecule has 90 valence electrons. The number of nitrogens with one attached hydrogen (secondary N) is 2. The maximum atomic E-state index is 13.1. The Labute approximate surface area is 102 Å². The second-order valence-electron chi connectivity index (χ2n) is 3.90. The molecule has 0 radical (unpaired) electrons. The minimum atomic E-state index is -0.302. The van der Waals surface area contributed by atoms with Crippen LogP contribution in [0.4, 0.5) is 15.9 Å². The molecule has 3 aromatic rings. The third-order valence-electron chi connectivity index (χ3n) is 2.60. The van der Waals surface area contributed by atoms with Gasteiger partial charge in [-0.15, -0.1) is 0 Å². The summed E-state index contributed by atoms with van der Waals surface area (Å²) in [7, 11) is 0. The molecule has 0 atom stereocenters. The first kappa shape index (κ1) is 10.6. The van der Waals surface area contributed by atoms with E-state index in [1.807, 2.05) is 6.92 Å². The summed E-state index contributed by atoms with van der Waals surface area (Å²) in [4.78, 5) is 8.26. The van der Waals surface area contributed by atoms with Gasteiger partial charge in [0.1, 0.15) is 17.7 Å². The van der Waals surface area contributed by atoms with E-state index in [0.717, 1.165) is 11.2 Å². The Morgan fingerprint density at radius 3 is 2.94 bits per heavy atom. The zero-order valence-electron chi connectivity index (χ0n) is 9.61. The molecule has 0 aliphatic carbocycles. The van der Waals surface area contributed by atoms with Gasteiger partial charge < -0.3 is 5.32 Å². The summed E-state index contributed by atoms with van der Waals surface area (Å²) >= 11 is 0. The van der Waals surface area contributed by atoms with E-state index >= 15 is 0 Å². The summed E-state index contributed by atoms with van der Waals surface area (Å²) in [6.45, 7) is 1.88. The highest BCUT2D eigenvalue weighted by Crippen LogP contribution is 2.22. The fraction of sp³-hybridized carbons (Fsp3) is 0.0833. The van der Waals surface area contributed by atoms with Gasteiger partial charge in [0, 0.05) is 5.69 Å². The molecule has 2 aromatic heterocycles. The molecule has 2 N–H and O–H groups in total. The number of fused-ring (bicyclic) bond motifs is 1. The van der Waals surface area contributed by atoms with Gasteiger partial charge in [-0.3, -0.25) is 5.10 Å². The highest BCUT2D eigenvalue weighted by atomic mass is 19.1. The number of hydrogen-bond acceptors (Lipinski definition) is 4. The number of aromatic nitrogens is 4. The maximum absolute atomic E-state index is 13.1. The van der Waals surface area contributed by atoms with Crippen LogP contribution in [0.3, 0.4) is 0 Å². The van der Waals surface area contributed by atoms with Gasteiger partial charge in [-0.25, -0.2) is 14.4 Å². The van der Waals surface area contributed by atoms with Gasteiger partial charge in [-0.2, -0.15) is 5.10 Å². The van der Waals surface area contributed by atoms with Crippen LogP contribution in [0.2, 0.25) is 0 Å². The van der Waals surface area contributed by atoms with E-state index in [1.54, 1.807) is 12.1 Å². The van der Waals surface area contributed by atoms with Gasteiger partial charge in [0.25, 0.3) is 0 Å². The first-order chi connectivity index (χ1) is 8.74. The minimum Gasteiger partial charge on any atom is -0.338 e. The molecular formula is C12H10FN5. The molecule has 0 spiro atoms. The van der Waals surface area contributed by atoms with Gasteiger partial charge in [-0.1, -0.05) is 6.07 Å². The van der Waals surface area contributed by atoms with Crippen LogP contribution in [-0.4, -0.2) is 20.2 Å². The van der Waals surface area contributed by atoms with Crippen LogP contribution in [-0.2, 0) is 0 Å². The van der Waals surface area contributed by atoms with Gasteiger partial charge >= 0.3 is 0 Å². The Hall–Kier alpha value is -2.50. The number of benzene rings is 1. The number of hydrogen-bond donors (Lipinski definition) is 2. The Balaban J connectivity index is 2.05. The average molecular weight is 243 g/mol. The van der Waals surface area contributed by atoms with Crippen LogP contribution in [0.5, 0.6) is 0 Å². The van der Waals surface area contributed by atoms with E-state index in [-0.39, 0.29) is 5.82 Å². The smallest absolute Gasteiger partial charge is 0.162 e. The molecule has 0 unspecified atom stereocenters. The Kier molecular flexibility index (Phi) is 2.40. The van der Waals surface area contributed by atoms with E-state index in [9.17, 15) is 4.39 Å². The second kappa shape index (κ2) is 4.06. The third-order valence-corrected chi connectivity index (χ3v) is 2.60. The normalized spacial score (nSPS) is 10.8. The molecule has 0 bridgehead atoms. The minimum absolute atomic E-state index is 0.302. The summed E-state index contributed by atoms with van der Waals surface area (Å²) in [5, 5.41) is 10.0. The largest absolute Gasteiger partial charge is 0.338 e. The molecule has 2 heterocycles. The van der Waals surface area contributed by atoms with Crippen molar-refractivity contribution in [2.24, 2.45) is 0 Å². The molecular weight excluding hydrogens is 233 g/mol. The van der Waals surface area contributed by atoms with E-state index in [1.165, 1.54) is 18.5 Å². The Morgan fingerprint density at radius 1 is 1.22 bits per heavy atom. The molecule has 0 saturated heterocycles. The molecule has 1 aromatic carbocycles. The molecule has 5 nitrogen and oxygen atoms in total. The summed E-state index contributed by atoms with van der Waals surface area (Å²) < 4.78 is 13.1. The van der Waals surface area contributed by atoms with Crippen molar-refractivity contribution in [2.45, 2.75) is 6.92 Å². The summed E-state index contributed by atoms with van der Waals surface area (Å²) in [5.41, 5.74) is 2.88. The van der Waals surface area contributed by atoms with Crippen LogP contribution in [0.1, 0.15) is 5.69 Å². The van der Waals surface area contributed by atoms with E-state index < -0.39 is 0 Å². The van der Waals surface area contributed by atoms with Crippen LogP contribution >= 0.6 is 0 Å². The van der Waals surface area contributed by atoms with Crippen LogP contribution in [0.15, 0.2) is 30.6 Å². The number of halogens is 1. The van der Waals surface area contributed by atoms with Gasteiger partial charge in [0.2, 0.25) is 0 Å². The van der Waals surface area contributed by atoms with Crippen LogP contribution < -0.4 is 5.32 Å². The van der Waals surface area contributed by atoms with Crippen molar-refractivity contribution >= 4 is 22.5 Å². The fourth-order valence-electron chi connectivity index (χ4n) is 1.75. The molecule has 18 heavy (non-hydrogen) atoms. The lowest BCUT2D eigenvalue weighted by molar-refractivity contribution is 0.628. The van der Waals surface area contributed by atoms with Crippen molar-refractivity contribution in [1.82, 2.24) is 20.2 Å². The van der Waals surface area contributed by atoms with Gasteiger partial charge in [0.15, 0.2) is 11.3 Å². The molecule has 6 heteroatoms. The number of nitrogens with zero attached hydrogens (tertiary/aromatic N) is 3. The lowest BCUT2D eigenvalue weighted by Crippen LogP contribution is -1.96. The fourth-order valence-corrected chi connectivity index (χ4v) is 1.75. The summed E-state index contributed by atoms with van der Waals surface area (Å²) in [5.74, 6) is 0.249. The summed E-state index contributed by atoms with van der Waals surface area (Å²) in [6, 6.07) is 6.18. The monoisotopic (exact) mass is 243 g/mol. The highest BCUT2D eigenvalue weighted by molar-refractivity contribution is 5.88. The van der Waals surface area contributed by atoms with Crippen LogP contribution in [0.25, 0.3) is 11.0 Å². The zero-order chi connectivity index (χ0) is 12.5.